The van der Waals surface area contributed by atoms with Crippen LogP contribution in [0.25, 0.3) is 0 Å². The molecule has 1 aliphatic rings. The van der Waals surface area contributed by atoms with Crippen molar-refractivity contribution in [3.8, 4) is 0 Å². The van der Waals surface area contributed by atoms with Gasteiger partial charge in [-0.05, 0) is 19.3 Å². The Bertz CT molecular complexity index is 399. The lowest BCUT2D eigenvalue weighted by Crippen LogP contribution is -2.19. The van der Waals surface area contributed by atoms with Gasteiger partial charge in [-0.15, -0.1) is 10.2 Å². The minimum Gasteiger partial charge on any atom is -0.300 e. The number of anilines is 1. The van der Waals surface area contributed by atoms with Crippen molar-refractivity contribution < 1.29 is 4.79 Å². The summed E-state index contributed by atoms with van der Waals surface area (Å²) in [5.41, 5.74) is 0. The number of carbonyl (C=O) groups excluding carboxylic acids is 1. The van der Waals surface area contributed by atoms with E-state index in [2.05, 4.69) is 15.5 Å². The predicted molar refractivity (Wildman–Crippen MR) is 73.8 cm³/mol. The Morgan fingerprint density at radius 1 is 1.39 bits per heavy atom. The van der Waals surface area contributed by atoms with Crippen LogP contribution in [-0.4, -0.2) is 16.1 Å². The number of hydrogen-bond donors (Lipinski definition) is 1. The van der Waals surface area contributed by atoms with Gasteiger partial charge in [0, 0.05) is 11.8 Å². The molecule has 0 saturated heterocycles. The van der Waals surface area contributed by atoms with Gasteiger partial charge in [0.05, 0.1) is 0 Å². The minimum absolute atomic E-state index is 0.0343. The van der Waals surface area contributed by atoms with Crippen LogP contribution in [0.2, 0.25) is 0 Å². The van der Waals surface area contributed by atoms with Crippen LogP contribution in [0.3, 0.4) is 0 Å². The molecule has 0 aliphatic heterocycles. The van der Waals surface area contributed by atoms with Crippen LogP contribution in [-0.2, 0) is 4.79 Å². The lowest BCUT2D eigenvalue weighted by molar-refractivity contribution is -0.119. The highest BCUT2D eigenvalue weighted by Crippen LogP contribution is 2.35. The predicted octanol–water partition coefficient (Wildman–Crippen LogP) is 3.57. The molecule has 1 aliphatic carbocycles. The Hall–Kier alpha value is -0.970. The molecule has 1 atom stereocenters. The summed E-state index contributed by atoms with van der Waals surface area (Å²) in [4.78, 5) is 11.8. The summed E-state index contributed by atoms with van der Waals surface area (Å²) in [6, 6.07) is 0. The zero-order chi connectivity index (χ0) is 13.0. The van der Waals surface area contributed by atoms with Gasteiger partial charge in [-0.2, -0.15) is 0 Å². The van der Waals surface area contributed by atoms with Crippen LogP contribution in [0.4, 0.5) is 5.13 Å². The largest absolute Gasteiger partial charge is 0.300 e. The molecule has 1 fully saturated rings. The second-order valence-corrected chi connectivity index (χ2v) is 6.09. The number of nitrogens with one attached hydrogen (secondary N) is 1. The van der Waals surface area contributed by atoms with Crippen LogP contribution >= 0.6 is 11.3 Å². The normalized spacial score (nSPS) is 18.6. The first kappa shape index (κ1) is 13.5. The van der Waals surface area contributed by atoms with Gasteiger partial charge >= 0.3 is 0 Å². The third-order valence-corrected chi connectivity index (χ3v) is 4.69. The van der Waals surface area contributed by atoms with Gasteiger partial charge < -0.3 is 5.32 Å². The maximum Gasteiger partial charge on any atom is 0.229 e. The molecule has 0 unspecified atom stereocenters. The van der Waals surface area contributed by atoms with Gasteiger partial charge in [0.25, 0.3) is 0 Å². The van der Waals surface area contributed by atoms with E-state index < -0.39 is 0 Å². The molecule has 0 bridgehead atoms. The Morgan fingerprint density at radius 3 is 2.78 bits per heavy atom. The van der Waals surface area contributed by atoms with E-state index >= 15 is 0 Å². The highest BCUT2D eigenvalue weighted by atomic mass is 32.1. The third kappa shape index (κ3) is 3.28. The second-order valence-electron chi connectivity index (χ2n) is 5.08. The summed E-state index contributed by atoms with van der Waals surface area (Å²) in [5.74, 6) is 0.640. The average molecular weight is 267 g/mol. The number of carbonyl (C=O) groups is 1. The van der Waals surface area contributed by atoms with Crippen molar-refractivity contribution >= 4 is 22.4 Å². The number of hydrogen-bond acceptors (Lipinski definition) is 4. The molecule has 18 heavy (non-hydrogen) atoms. The molecule has 1 aromatic rings. The molecule has 1 aromatic heterocycles. The number of amides is 1. The van der Waals surface area contributed by atoms with Crippen LogP contribution < -0.4 is 5.32 Å². The van der Waals surface area contributed by atoms with Crippen molar-refractivity contribution in [3.05, 3.63) is 5.01 Å². The summed E-state index contributed by atoms with van der Waals surface area (Å²) in [6.07, 6.45) is 7.20. The standard InChI is InChI=1S/C13H21N3OS/c1-3-9(2)11(17)14-13-16-15-12(18-13)10-7-5-4-6-8-10/h9-10H,3-8H2,1-2H3,(H,14,16,17)/t9-/m0/s1. The Kier molecular flexibility index (Phi) is 4.69. The molecular weight excluding hydrogens is 246 g/mol. The Labute approximate surface area is 112 Å². The fourth-order valence-electron chi connectivity index (χ4n) is 2.21. The molecule has 5 heteroatoms. The van der Waals surface area contributed by atoms with Gasteiger partial charge in [-0.1, -0.05) is 44.4 Å². The van der Waals surface area contributed by atoms with E-state index in [9.17, 15) is 4.79 Å². The SMILES string of the molecule is CC[C@H](C)C(=O)Nc1nnc(C2CCCCC2)s1. The zero-order valence-corrected chi connectivity index (χ0v) is 11.9. The number of aromatic nitrogens is 2. The van der Waals surface area contributed by atoms with Crippen LogP contribution in [0.1, 0.15) is 63.3 Å². The van der Waals surface area contributed by atoms with E-state index in [1.807, 2.05) is 13.8 Å². The summed E-state index contributed by atoms with van der Waals surface area (Å²) in [7, 11) is 0. The molecule has 0 aromatic carbocycles. The summed E-state index contributed by atoms with van der Waals surface area (Å²) >= 11 is 1.54. The fourth-order valence-corrected chi connectivity index (χ4v) is 3.13. The number of rotatable bonds is 4. The summed E-state index contributed by atoms with van der Waals surface area (Å²) < 4.78 is 0. The van der Waals surface area contributed by atoms with E-state index in [1.165, 1.54) is 32.1 Å². The fraction of sp³-hybridized carbons (Fsp3) is 0.769. The maximum atomic E-state index is 11.8. The highest BCUT2D eigenvalue weighted by molar-refractivity contribution is 7.15. The van der Waals surface area contributed by atoms with Gasteiger partial charge in [0.2, 0.25) is 11.0 Å². The molecule has 2 rings (SSSR count). The molecule has 4 nitrogen and oxygen atoms in total. The van der Waals surface area contributed by atoms with Crippen LogP contribution in [0.15, 0.2) is 0 Å². The summed E-state index contributed by atoms with van der Waals surface area (Å²) in [5, 5.41) is 12.9. The molecule has 1 N–H and O–H groups in total. The van der Waals surface area contributed by atoms with E-state index in [4.69, 9.17) is 0 Å². The Morgan fingerprint density at radius 2 is 2.11 bits per heavy atom. The lowest BCUT2D eigenvalue weighted by atomic mass is 9.90. The average Bonchev–Trinajstić information content (AvgIpc) is 2.87. The first-order chi connectivity index (χ1) is 8.70. The van der Waals surface area contributed by atoms with Gasteiger partial charge in [0.15, 0.2) is 0 Å². The smallest absolute Gasteiger partial charge is 0.229 e. The van der Waals surface area contributed by atoms with Crippen LogP contribution in [0, 0.1) is 5.92 Å². The van der Waals surface area contributed by atoms with Crippen molar-refractivity contribution in [1.82, 2.24) is 10.2 Å². The topological polar surface area (TPSA) is 54.9 Å². The van der Waals surface area contributed by atoms with E-state index in [0.717, 1.165) is 11.4 Å². The van der Waals surface area contributed by atoms with E-state index in [-0.39, 0.29) is 11.8 Å². The molecule has 1 saturated carbocycles. The van der Waals surface area contributed by atoms with Gasteiger partial charge in [0.1, 0.15) is 5.01 Å². The second kappa shape index (κ2) is 6.27. The monoisotopic (exact) mass is 267 g/mol. The Balaban J connectivity index is 1.95. The lowest BCUT2D eigenvalue weighted by Gasteiger charge is -2.18. The van der Waals surface area contributed by atoms with Crippen molar-refractivity contribution in [2.24, 2.45) is 5.92 Å². The quantitative estimate of drug-likeness (QED) is 0.907. The number of nitrogens with zero attached hydrogens (tertiary/aromatic N) is 2. The molecular formula is C13H21N3OS. The van der Waals surface area contributed by atoms with Crippen molar-refractivity contribution in [3.63, 3.8) is 0 Å². The van der Waals surface area contributed by atoms with Crippen LogP contribution in [0.5, 0.6) is 0 Å². The molecule has 100 valence electrons. The minimum atomic E-state index is 0.0343. The van der Waals surface area contributed by atoms with E-state index in [0.29, 0.717) is 11.0 Å². The maximum absolute atomic E-state index is 11.8. The first-order valence-corrected chi connectivity index (χ1v) is 7.66. The molecule has 0 radical (unpaired) electrons. The van der Waals surface area contributed by atoms with Crippen molar-refractivity contribution in [2.75, 3.05) is 5.32 Å². The zero-order valence-electron chi connectivity index (χ0n) is 11.1. The van der Waals surface area contributed by atoms with Crippen molar-refractivity contribution in [2.45, 2.75) is 58.3 Å². The molecule has 1 heterocycles. The van der Waals surface area contributed by atoms with E-state index in [1.54, 1.807) is 11.3 Å². The first-order valence-electron chi connectivity index (χ1n) is 6.85. The van der Waals surface area contributed by atoms with Gasteiger partial charge in [-0.3, -0.25) is 4.79 Å². The molecule has 1 amide bonds. The third-order valence-electron chi connectivity index (χ3n) is 3.69. The summed E-state index contributed by atoms with van der Waals surface area (Å²) in [6.45, 7) is 3.94. The van der Waals surface area contributed by atoms with Gasteiger partial charge in [-0.25, -0.2) is 0 Å². The molecule has 0 spiro atoms. The van der Waals surface area contributed by atoms with Crippen molar-refractivity contribution in [1.29, 1.82) is 0 Å². The highest BCUT2D eigenvalue weighted by Gasteiger charge is 2.20.